The van der Waals surface area contributed by atoms with E-state index in [1.54, 1.807) is 0 Å². The number of sulfonamides is 1. The number of nitrogens with one attached hydrogen (secondary N) is 2. The van der Waals surface area contributed by atoms with Crippen LogP contribution >= 0.6 is 0 Å². The number of anilines is 1. The predicted molar refractivity (Wildman–Crippen MR) is 67.1 cm³/mol. The Morgan fingerprint density at radius 1 is 1.39 bits per heavy atom. The summed E-state index contributed by atoms with van der Waals surface area (Å²) in [4.78, 5) is 14.3. The number of carbonyl (C=O) groups is 1. The molecule has 0 unspecified atom stereocenters. The van der Waals surface area contributed by atoms with Crippen molar-refractivity contribution in [3.8, 4) is 0 Å². The predicted octanol–water partition coefficient (Wildman–Crippen LogP) is -0.532. The minimum Gasteiger partial charge on any atom is -0.397 e. The quantitative estimate of drug-likeness (QED) is 0.602. The van der Waals surface area contributed by atoms with Crippen molar-refractivity contribution in [1.82, 2.24) is 15.0 Å². The molecule has 8 heteroatoms. The van der Waals surface area contributed by atoms with E-state index in [1.807, 2.05) is 0 Å². The summed E-state index contributed by atoms with van der Waals surface area (Å²) in [7, 11) is -3.59. The van der Waals surface area contributed by atoms with Gasteiger partial charge in [0.05, 0.1) is 5.69 Å². The lowest BCUT2D eigenvalue weighted by atomic mass is 10.4. The van der Waals surface area contributed by atoms with Gasteiger partial charge in [0.1, 0.15) is 4.90 Å². The Kier molecular flexibility index (Phi) is 5.05. The zero-order chi connectivity index (χ0) is 13.6. The molecule has 0 radical (unpaired) electrons. The van der Waals surface area contributed by atoms with Crippen LogP contribution in [0.3, 0.4) is 0 Å². The Morgan fingerprint density at radius 3 is 2.72 bits per heavy atom. The monoisotopic (exact) mass is 272 g/mol. The SMILES string of the molecule is CC(=O)NCCCNS(=O)(=O)c1cncc(N)c1. The highest BCUT2D eigenvalue weighted by Gasteiger charge is 2.13. The van der Waals surface area contributed by atoms with Crippen molar-refractivity contribution in [3.05, 3.63) is 18.5 Å². The Balaban J connectivity index is 2.48. The molecule has 18 heavy (non-hydrogen) atoms. The van der Waals surface area contributed by atoms with Crippen LogP contribution in [0.5, 0.6) is 0 Å². The van der Waals surface area contributed by atoms with Crippen molar-refractivity contribution in [2.24, 2.45) is 0 Å². The summed E-state index contributed by atoms with van der Waals surface area (Å²) in [6.45, 7) is 2.06. The van der Waals surface area contributed by atoms with Crippen LogP contribution in [0.4, 0.5) is 5.69 Å². The first-order chi connectivity index (χ1) is 8.42. The molecule has 0 aliphatic rings. The second kappa shape index (κ2) is 6.31. The molecule has 1 heterocycles. The minimum atomic E-state index is -3.59. The van der Waals surface area contributed by atoms with Crippen molar-refractivity contribution in [3.63, 3.8) is 0 Å². The fourth-order valence-electron chi connectivity index (χ4n) is 1.23. The number of rotatable bonds is 6. The summed E-state index contributed by atoms with van der Waals surface area (Å²) in [5.74, 6) is -0.141. The van der Waals surface area contributed by atoms with Gasteiger partial charge in [-0.25, -0.2) is 13.1 Å². The maximum absolute atomic E-state index is 11.8. The number of carbonyl (C=O) groups excluding carboxylic acids is 1. The average molecular weight is 272 g/mol. The van der Waals surface area contributed by atoms with Crippen LogP contribution in [0.2, 0.25) is 0 Å². The smallest absolute Gasteiger partial charge is 0.242 e. The summed E-state index contributed by atoms with van der Waals surface area (Å²) in [6.07, 6.45) is 3.11. The molecular weight excluding hydrogens is 256 g/mol. The minimum absolute atomic E-state index is 0.0297. The van der Waals surface area contributed by atoms with Crippen LogP contribution in [0.25, 0.3) is 0 Å². The van der Waals surface area contributed by atoms with E-state index >= 15 is 0 Å². The van der Waals surface area contributed by atoms with Crippen LogP contribution in [0.15, 0.2) is 23.4 Å². The molecule has 0 saturated carbocycles. The van der Waals surface area contributed by atoms with Gasteiger partial charge in [0.15, 0.2) is 0 Å². The van der Waals surface area contributed by atoms with E-state index in [1.165, 1.54) is 25.4 Å². The fourth-order valence-corrected chi connectivity index (χ4v) is 2.30. The molecule has 0 aromatic carbocycles. The van der Waals surface area contributed by atoms with Crippen LogP contribution < -0.4 is 15.8 Å². The van der Waals surface area contributed by atoms with Gasteiger partial charge >= 0.3 is 0 Å². The number of nitrogens with zero attached hydrogens (tertiary/aromatic N) is 1. The highest BCUT2D eigenvalue weighted by atomic mass is 32.2. The highest BCUT2D eigenvalue weighted by molar-refractivity contribution is 7.89. The number of aromatic nitrogens is 1. The van der Waals surface area contributed by atoms with Crippen molar-refractivity contribution in [2.75, 3.05) is 18.8 Å². The standard InChI is InChI=1S/C10H16N4O3S/c1-8(15)13-3-2-4-14-18(16,17)10-5-9(11)6-12-7-10/h5-7,14H,2-4,11H2,1H3,(H,13,15). The third kappa shape index (κ3) is 4.68. The van der Waals surface area contributed by atoms with Crippen molar-refractivity contribution in [2.45, 2.75) is 18.2 Å². The van der Waals surface area contributed by atoms with Crippen molar-refractivity contribution in [1.29, 1.82) is 0 Å². The summed E-state index contributed by atoms with van der Waals surface area (Å²) >= 11 is 0. The molecular formula is C10H16N4O3S. The lowest BCUT2D eigenvalue weighted by Gasteiger charge is -2.07. The van der Waals surface area contributed by atoms with Crippen LogP contribution in [-0.4, -0.2) is 32.4 Å². The van der Waals surface area contributed by atoms with E-state index in [4.69, 9.17) is 5.73 Å². The molecule has 0 spiro atoms. The summed E-state index contributed by atoms with van der Waals surface area (Å²) in [6, 6.07) is 1.34. The molecule has 1 rings (SSSR count). The van der Waals surface area contributed by atoms with Crippen LogP contribution in [0.1, 0.15) is 13.3 Å². The number of nitrogen functional groups attached to an aromatic ring is 1. The van der Waals surface area contributed by atoms with E-state index in [0.717, 1.165) is 0 Å². The molecule has 1 aromatic rings. The van der Waals surface area contributed by atoms with Gasteiger partial charge in [-0.3, -0.25) is 9.78 Å². The first-order valence-electron chi connectivity index (χ1n) is 5.36. The van der Waals surface area contributed by atoms with Gasteiger partial charge in [0.25, 0.3) is 0 Å². The Morgan fingerprint density at radius 2 is 2.11 bits per heavy atom. The van der Waals surface area contributed by atoms with Crippen LogP contribution in [0, 0.1) is 0 Å². The Labute approximate surface area is 106 Å². The molecule has 0 atom stereocenters. The third-order valence-corrected chi connectivity index (χ3v) is 3.49. The molecule has 4 N–H and O–H groups in total. The Bertz CT molecular complexity index is 516. The fraction of sp³-hybridized carbons (Fsp3) is 0.400. The molecule has 1 amide bonds. The van der Waals surface area contributed by atoms with Crippen molar-refractivity contribution < 1.29 is 13.2 Å². The lowest BCUT2D eigenvalue weighted by molar-refractivity contribution is -0.118. The number of pyridine rings is 1. The van der Waals surface area contributed by atoms with Gasteiger partial charge in [-0.05, 0) is 12.5 Å². The largest absolute Gasteiger partial charge is 0.397 e. The first kappa shape index (κ1) is 14.4. The maximum atomic E-state index is 11.8. The summed E-state index contributed by atoms with van der Waals surface area (Å²) in [5.41, 5.74) is 5.75. The van der Waals surface area contributed by atoms with E-state index in [9.17, 15) is 13.2 Å². The molecule has 100 valence electrons. The molecule has 0 saturated heterocycles. The van der Waals surface area contributed by atoms with Gasteiger partial charge in [-0.2, -0.15) is 0 Å². The molecule has 1 aromatic heterocycles. The van der Waals surface area contributed by atoms with Gasteiger partial charge in [-0.15, -0.1) is 0 Å². The van der Waals surface area contributed by atoms with E-state index in [2.05, 4.69) is 15.0 Å². The first-order valence-corrected chi connectivity index (χ1v) is 6.85. The number of amides is 1. The molecule has 7 nitrogen and oxygen atoms in total. The van der Waals surface area contributed by atoms with Gasteiger partial charge in [0.2, 0.25) is 15.9 Å². The third-order valence-electron chi connectivity index (χ3n) is 2.06. The molecule has 0 bridgehead atoms. The Hall–Kier alpha value is -1.67. The summed E-state index contributed by atoms with van der Waals surface area (Å²) < 4.78 is 26.0. The number of hydrogen-bond donors (Lipinski definition) is 3. The van der Waals surface area contributed by atoms with E-state index in [0.29, 0.717) is 13.0 Å². The average Bonchev–Trinajstić information content (AvgIpc) is 2.28. The number of hydrogen-bond acceptors (Lipinski definition) is 5. The topological polar surface area (TPSA) is 114 Å². The van der Waals surface area contributed by atoms with Crippen LogP contribution in [-0.2, 0) is 14.8 Å². The van der Waals surface area contributed by atoms with Gasteiger partial charge in [-0.1, -0.05) is 0 Å². The van der Waals surface area contributed by atoms with E-state index < -0.39 is 10.0 Å². The van der Waals surface area contributed by atoms with E-state index in [-0.39, 0.29) is 23.0 Å². The zero-order valence-electron chi connectivity index (χ0n) is 10.0. The second-order valence-electron chi connectivity index (χ2n) is 3.69. The molecule has 0 fully saturated rings. The molecule has 0 aliphatic heterocycles. The zero-order valence-corrected chi connectivity index (χ0v) is 10.8. The molecule has 0 aliphatic carbocycles. The highest BCUT2D eigenvalue weighted by Crippen LogP contribution is 2.10. The van der Waals surface area contributed by atoms with Gasteiger partial charge in [0, 0.05) is 32.4 Å². The second-order valence-corrected chi connectivity index (χ2v) is 5.46. The van der Waals surface area contributed by atoms with Crippen molar-refractivity contribution >= 4 is 21.6 Å². The summed E-state index contributed by atoms with van der Waals surface area (Å²) in [5, 5.41) is 2.57. The maximum Gasteiger partial charge on any atom is 0.242 e. The number of nitrogens with two attached hydrogens (primary N) is 1. The normalized spacial score (nSPS) is 11.2. The lowest BCUT2D eigenvalue weighted by Crippen LogP contribution is -2.29. The van der Waals surface area contributed by atoms with Gasteiger partial charge < -0.3 is 11.1 Å².